The summed E-state index contributed by atoms with van der Waals surface area (Å²) in [5.41, 5.74) is 0.189. The first-order valence-corrected chi connectivity index (χ1v) is 6.94. The maximum absolute atomic E-state index is 9.74. The zero-order valence-electron chi connectivity index (χ0n) is 11.3. The van der Waals surface area contributed by atoms with Crippen LogP contribution in [0.1, 0.15) is 58.8 Å². The summed E-state index contributed by atoms with van der Waals surface area (Å²) in [7, 11) is 2.20. The third-order valence-corrected chi connectivity index (χ3v) is 4.43. The summed E-state index contributed by atoms with van der Waals surface area (Å²) in [4.78, 5) is 2.43. The average Bonchev–Trinajstić information content (AvgIpc) is 2.54. The summed E-state index contributed by atoms with van der Waals surface area (Å²) in [6, 6.07) is 0.631. The summed E-state index contributed by atoms with van der Waals surface area (Å²) in [6.07, 6.45) is 8.93. The Balaban J connectivity index is 2.57. The molecule has 1 fully saturated rings. The quantitative estimate of drug-likeness (QED) is 0.730. The molecule has 1 atom stereocenters. The molecule has 1 aliphatic rings. The molecule has 2 heteroatoms. The van der Waals surface area contributed by atoms with E-state index in [-0.39, 0.29) is 5.41 Å². The van der Waals surface area contributed by atoms with Gasteiger partial charge in [0, 0.05) is 24.6 Å². The molecule has 0 radical (unpaired) electrons. The predicted molar refractivity (Wildman–Crippen MR) is 69.6 cm³/mol. The first-order chi connectivity index (χ1) is 7.63. The van der Waals surface area contributed by atoms with E-state index >= 15 is 0 Å². The molecule has 0 saturated heterocycles. The predicted octanol–water partition coefficient (Wildman–Crippen LogP) is 3.05. The molecule has 2 nitrogen and oxygen atoms in total. The average molecular weight is 227 g/mol. The Morgan fingerprint density at radius 1 is 1.19 bits per heavy atom. The van der Waals surface area contributed by atoms with E-state index < -0.39 is 0 Å². The van der Waals surface area contributed by atoms with Crippen LogP contribution in [0, 0.1) is 5.41 Å². The summed E-state index contributed by atoms with van der Waals surface area (Å²) in [6.45, 7) is 5.95. The van der Waals surface area contributed by atoms with E-state index in [1.165, 1.54) is 44.9 Å². The van der Waals surface area contributed by atoms with E-state index in [1.807, 2.05) is 0 Å². The number of hydrogen-bond acceptors (Lipinski definition) is 2. The number of rotatable bonds is 5. The lowest BCUT2D eigenvalue weighted by Gasteiger charge is -2.37. The highest BCUT2D eigenvalue weighted by atomic mass is 16.3. The van der Waals surface area contributed by atoms with Gasteiger partial charge in [0.2, 0.25) is 0 Å². The second kappa shape index (κ2) is 6.61. The van der Waals surface area contributed by atoms with E-state index in [1.54, 1.807) is 0 Å². The number of aliphatic hydroxyl groups excluding tert-OH is 1. The van der Waals surface area contributed by atoms with Gasteiger partial charge in [-0.05, 0) is 33.2 Å². The Morgan fingerprint density at radius 2 is 1.75 bits per heavy atom. The van der Waals surface area contributed by atoms with E-state index in [0.717, 1.165) is 6.54 Å². The van der Waals surface area contributed by atoms with Crippen LogP contribution in [0.2, 0.25) is 0 Å². The third-order valence-electron chi connectivity index (χ3n) is 4.43. The lowest BCUT2D eigenvalue weighted by molar-refractivity contribution is 0.0556. The first-order valence-electron chi connectivity index (χ1n) is 6.94. The van der Waals surface area contributed by atoms with E-state index in [4.69, 9.17) is 0 Å². The largest absolute Gasteiger partial charge is 0.396 e. The van der Waals surface area contributed by atoms with E-state index in [9.17, 15) is 5.11 Å². The molecule has 96 valence electrons. The van der Waals surface area contributed by atoms with Gasteiger partial charge in [0.15, 0.2) is 0 Å². The Kier molecular flexibility index (Phi) is 5.77. The van der Waals surface area contributed by atoms with Gasteiger partial charge in [-0.15, -0.1) is 0 Å². The van der Waals surface area contributed by atoms with Crippen LogP contribution in [-0.2, 0) is 0 Å². The molecule has 1 saturated carbocycles. The Hall–Kier alpha value is -0.0800. The Bertz CT molecular complexity index is 185. The van der Waals surface area contributed by atoms with Gasteiger partial charge >= 0.3 is 0 Å². The molecule has 0 heterocycles. The number of nitrogens with zero attached hydrogens (tertiary/aromatic N) is 1. The number of hydrogen-bond donors (Lipinski definition) is 1. The fraction of sp³-hybridized carbons (Fsp3) is 1.00. The summed E-state index contributed by atoms with van der Waals surface area (Å²) >= 11 is 0. The van der Waals surface area contributed by atoms with E-state index in [2.05, 4.69) is 25.8 Å². The second-order valence-electron chi connectivity index (χ2n) is 5.74. The molecule has 0 aliphatic heterocycles. The van der Waals surface area contributed by atoms with Crippen LogP contribution in [0.5, 0.6) is 0 Å². The van der Waals surface area contributed by atoms with E-state index in [0.29, 0.717) is 12.6 Å². The summed E-state index contributed by atoms with van der Waals surface area (Å²) < 4.78 is 0. The van der Waals surface area contributed by atoms with Gasteiger partial charge in [-0.2, -0.15) is 0 Å². The van der Waals surface area contributed by atoms with Gasteiger partial charge in [0.1, 0.15) is 0 Å². The van der Waals surface area contributed by atoms with Gasteiger partial charge in [-0.3, -0.25) is 0 Å². The van der Waals surface area contributed by atoms with Crippen molar-refractivity contribution in [2.75, 3.05) is 20.2 Å². The molecule has 1 unspecified atom stereocenters. The van der Waals surface area contributed by atoms with Gasteiger partial charge < -0.3 is 10.0 Å². The van der Waals surface area contributed by atoms with Gasteiger partial charge in [-0.1, -0.05) is 32.6 Å². The summed E-state index contributed by atoms with van der Waals surface area (Å²) in [5.74, 6) is 0. The SMILES string of the molecule is CCC(C)N(C)CC1(CO)CCCCCC1. The van der Waals surface area contributed by atoms with Crippen LogP contribution < -0.4 is 0 Å². The fourth-order valence-electron chi connectivity index (χ4n) is 2.84. The van der Waals surface area contributed by atoms with Gasteiger partial charge in [0.05, 0.1) is 0 Å². The van der Waals surface area contributed by atoms with Crippen molar-refractivity contribution in [1.29, 1.82) is 0 Å². The molecule has 0 aromatic heterocycles. The van der Waals surface area contributed by atoms with Crippen LogP contribution in [0.25, 0.3) is 0 Å². The highest BCUT2D eigenvalue weighted by Gasteiger charge is 2.32. The van der Waals surface area contributed by atoms with Crippen LogP contribution in [0.4, 0.5) is 0 Å². The van der Waals surface area contributed by atoms with Crippen molar-refractivity contribution in [3.05, 3.63) is 0 Å². The summed E-state index contributed by atoms with van der Waals surface area (Å²) in [5, 5.41) is 9.74. The standard InChI is InChI=1S/C14H29NO/c1-4-13(2)15(3)11-14(12-16)9-7-5-6-8-10-14/h13,16H,4-12H2,1-3H3. The molecule has 0 bridgehead atoms. The second-order valence-corrected chi connectivity index (χ2v) is 5.74. The third kappa shape index (κ3) is 3.74. The normalized spacial score (nSPS) is 23.1. The molecular formula is C14H29NO. The van der Waals surface area contributed by atoms with Crippen LogP contribution in [0.15, 0.2) is 0 Å². The maximum atomic E-state index is 9.74. The topological polar surface area (TPSA) is 23.5 Å². The Morgan fingerprint density at radius 3 is 2.19 bits per heavy atom. The van der Waals surface area contributed by atoms with Crippen LogP contribution >= 0.6 is 0 Å². The molecule has 0 aromatic carbocycles. The molecule has 1 N–H and O–H groups in total. The van der Waals surface area contributed by atoms with Crippen molar-refractivity contribution in [2.45, 2.75) is 64.8 Å². The molecule has 1 aliphatic carbocycles. The van der Waals surface area contributed by atoms with Crippen molar-refractivity contribution in [1.82, 2.24) is 4.90 Å². The fourth-order valence-corrected chi connectivity index (χ4v) is 2.84. The minimum absolute atomic E-state index is 0.189. The van der Waals surface area contributed by atoms with Crippen molar-refractivity contribution in [3.8, 4) is 0 Å². The minimum atomic E-state index is 0.189. The zero-order valence-corrected chi connectivity index (χ0v) is 11.3. The van der Waals surface area contributed by atoms with Crippen LogP contribution in [0.3, 0.4) is 0 Å². The zero-order chi connectivity index (χ0) is 12.0. The molecule has 1 rings (SSSR count). The lowest BCUT2D eigenvalue weighted by atomic mass is 9.80. The lowest BCUT2D eigenvalue weighted by Crippen LogP contribution is -2.41. The monoisotopic (exact) mass is 227 g/mol. The van der Waals surface area contributed by atoms with Gasteiger partial charge in [0.25, 0.3) is 0 Å². The number of aliphatic hydroxyl groups is 1. The van der Waals surface area contributed by atoms with Crippen molar-refractivity contribution in [2.24, 2.45) is 5.41 Å². The van der Waals surface area contributed by atoms with Crippen LogP contribution in [-0.4, -0.2) is 36.2 Å². The van der Waals surface area contributed by atoms with Gasteiger partial charge in [-0.25, -0.2) is 0 Å². The molecule has 0 spiro atoms. The van der Waals surface area contributed by atoms with Crippen molar-refractivity contribution < 1.29 is 5.11 Å². The highest BCUT2D eigenvalue weighted by Crippen LogP contribution is 2.35. The molecule has 16 heavy (non-hydrogen) atoms. The minimum Gasteiger partial charge on any atom is -0.396 e. The Labute approximate surface area is 101 Å². The molecular weight excluding hydrogens is 198 g/mol. The molecule has 0 amide bonds. The first kappa shape index (κ1) is 14.0. The highest BCUT2D eigenvalue weighted by molar-refractivity contribution is 4.84. The molecule has 0 aromatic rings. The smallest absolute Gasteiger partial charge is 0.0499 e. The maximum Gasteiger partial charge on any atom is 0.0499 e. The van der Waals surface area contributed by atoms with Crippen molar-refractivity contribution in [3.63, 3.8) is 0 Å². The van der Waals surface area contributed by atoms with Crippen molar-refractivity contribution >= 4 is 0 Å².